The van der Waals surface area contributed by atoms with Crippen LogP contribution in [0.1, 0.15) is 12.5 Å². The molecule has 0 aromatic heterocycles. The van der Waals surface area contributed by atoms with Gasteiger partial charge in [0, 0.05) is 15.8 Å². The molecule has 1 aromatic rings. The average molecular weight is 319 g/mol. The van der Waals surface area contributed by atoms with Gasteiger partial charge in [-0.15, -0.1) is 11.8 Å². The molecule has 0 amide bonds. The van der Waals surface area contributed by atoms with Crippen LogP contribution >= 0.6 is 27.7 Å². The van der Waals surface area contributed by atoms with E-state index < -0.39 is 0 Å². The summed E-state index contributed by atoms with van der Waals surface area (Å²) in [7, 11) is 3.27. The van der Waals surface area contributed by atoms with Crippen molar-refractivity contribution in [3.63, 3.8) is 0 Å². The van der Waals surface area contributed by atoms with Crippen LogP contribution in [-0.4, -0.2) is 26.6 Å². The van der Waals surface area contributed by atoms with Gasteiger partial charge in [-0.3, -0.25) is 0 Å². The molecule has 1 aromatic carbocycles. The molecule has 0 spiro atoms. The standard InChI is InChI=1S/C12H15BrO3S/c1-12(16-4-5-17-12)8-6-10(14-2)11(15-3)7-9(8)13/h6-7H,4-5H2,1-3H3. The number of rotatable bonds is 3. The second-order valence-corrected chi connectivity index (χ2v) is 6.16. The summed E-state index contributed by atoms with van der Waals surface area (Å²) in [5, 5.41) is 0. The lowest BCUT2D eigenvalue weighted by Crippen LogP contribution is -2.17. The van der Waals surface area contributed by atoms with Gasteiger partial charge in [-0.25, -0.2) is 0 Å². The number of halogens is 1. The number of hydrogen-bond acceptors (Lipinski definition) is 4. The van der Waals surface area contributed by atoms with Crippen molar-refractivity contribution in [2.45, 2.75) is 11.9 Å². The van der Waals surface area contributed by atoms with E-state index in [-0.39, 0.29) is 4.93 Å². The Balaban J connectivity index is 2.47. The summed E-state index contributed by atoms with van der Waals surface area (Å²) < 4.78 is 17.4. The van der Waals surface area contributed by atoms with Gasteiger partial charge in [0.15, 0.2) is 11.5 Å². The lowest BCUT2D eigenvalue weighted by molar-refractivity contribution is 0.0636. The maximum absolute atomic E-state index is 5.82. The maximum atomic E-state index is 5.82. The first-order chi connectivity index (χ1) is 8.10. The summed E-state index contributed by atoms with van der Waals surface area (Å²) in [6, 6.07) is 3.89. The molecule has 0 bridgehead atoms. The monoisotopic (exact) mass is 318 g/mol. The number of thioether (sulfide) groups is 1. The molecule has 1 aliphatic rings. The fourth-order valence-electron chi connectivity index (χ4n) is 1.87. The van der Waals surface area contributed by atoms with Crippen molar-refractivity contribution in [3.05, 3.63) is 22.2 Å². The van der Waals surface area contributed by atoms with E-state index in [1.165, 1.54) is 0 Å². The minimum absolute atomic E-state index is 0.307. The molecule has 2 rings (SSSR count). The molecule has 1 fully saturated rings. The third kappa shape index (κ3) is 2.41. The lowest BCUT2D eigenvalue weighted by Gasteiger charge is -2.25. The molecule has 0 saturated carbocycles. The molecule has 1 atom stereocenters. The molecule has 17 heavy (non-hydrogen) atoms. The van der Waals surface area contributed by atoms with E-state index >= 15 is 0 Å². The van der Waals surface area contributed by atoms with E-state index in [0.717, 1.165) is 33.9 Å². The average Bonchev–Trinajstić information content (AvgIpc) is 2.76. The van der Waals surface area contributed by atoms with Crippen molar-refractivity contribution in [1.82, 2.24) is 0 Å². The smallest absolute Gasteiger partial charge is 0.161 e. The summed E-state index contributed by atoms with van der Waals surface area (Å²) in [4.78, 5) is -0.307. The van der Waals surface area contributed by atoms with E-state index in [1.807, 2.05) is 12.1 Å². The van der Waals surface area contributed by atoms with Gasteiger partial charge in [0.1, 0.15) is 4.93 Å². The van der Waals surface area contributed by atoms with Crippen LogP contribution in [0.25, 0.3) is 0 Å². The molecule has 1 unspecified atom stereocenters. The zero-order chi connectivity index (χ0) is 12.5. The molecule has 1 heterocycles. The van der Waals surface area contributed by atoms with Gasteiger partial charge < -0.3 is 14.2 Å². The highest BCUT2D eigenvalue weighted by atomic mass is 79.9. The SMILES string of the molecule is COc1cc(Br)c(C2(C)OCCS2)cc1OC. The molecule has 3 nitrogen and oxygen atoms in total. The van der Waals surface area contributed by atoms with Gasteiger partial charge in [0.05, 0.1) is 20.8 Å². The maximum Gasteiger partial charge on any atom is 0.161 e. The van der Waals surface area contributed by atoms with E-state index in [0.29, 0.717) is 0 Å². The Morgan fingerprint density at radius 3 is 2.47 bits per heavy atom. The van der Waals surface area contributed by atoms with Crippen LogP contribution in [0.3, 0.4) is 0 Å². The molecule has 1 aliphatic heterocycles. The minimum Gasteiger partial charge on any atom is -0.493 e. The van der Waals surface area contributed by atoms with Crippen LogP contribution in [-0.2, 0) is 9.67 Å². The third-order valence-electron chi connectivity index (χ3n) is 2.80. The van der Waals surface area contributed by atoms with Crippen molar-refractivity contribution < 1.29 is 14.2 Å². The van der Waals surface area contributed by atoms with Crippen LogP contribution in [0.4, 0.5) is 0 Å². The Kier molecular flexibility index (Phi) is 3.90. The van der Waals surface area contributed by atoms with Gasteiger partial charge >= 0.3 is 0 Å². The molecular weight excluding hydrogens is 304 g/mol. The predicted octanol–water partition coefficient (Wildman–Crippen LogP) is 3.40. The van der Waals surface area contributed by atoms with E-state index in [1.54, 1.807) is 26.0 Å². The van der Waals surface area contributed by atoms with Crippen LogP contribution in [0, 0.1) is 0 Å². The Hall–Kier alpha value is -0.390. The number of methoxy groups -OCH3 is 2. The van der Waals surface area contributed by atoms with E-state index in [4.69, 9.17) is 14.2 Å². The molecule has 0 radical (unpaired) electrons. The summed E-state index contributed by atoms with van der Waals surface area (Å²) in [6.45, 7) is 2.86. The molecule has 0 N–H and O–H groups in total. The van der Waals surface area contributed by atoms with Gasteiger partial charge in [0.2, 0.25) is 0 Å². The summed E-state index contributed by atoms with van der Waals surface area (Å²) in [6.07, 6.45) is 0. The number of ether oxygens (including phenoxy) is 3. The van der Waals surface area contributed by atoms with Crippen molar-refractivity contribution in [3.8, 4) is 11.5 Å². The van der Waals surface area contributed by atoms with Gasteiger partial charge in [-0.05, 0) is 19.1 Å². The van der Waals surface area contributed by atoms with E-state index in [2.05, 4.69) is 22.9 Å². The highest BCUT2D eigenvalue weighted by Gasteiger charge is 2.35. The summed E-state index contributed by atoms with van der Waals surface area (Å²) in [5.74, 6) is 2.45. The van der Waals surface area contributed by atoms with Gasteiger partial charge in [-0.1, -0.05) is 15.9 Å². The molecular formula is C12H15BrO3S. The van der Waals surface area contributed by atoms with Crippen molar-refractivity contribution in [1.29, 1.82) is 0 Å². The minimum atomic E-state index is -0.307. The second kappa shape index (κ2) is 5.08. The highest BCUT2D eigenvalue weighted by Crippen LogP contribution is 2.47. The second-order valence-electron chi connectivity index (χ2n) is 3.83. The Labute approximate surface area is 114 Å². The molecule has 94 valence electrons. The van der Waals surface area contributed by atoms with E-state index in [9.17, 15) is 0 Å². The van der Waals surface area contributed by atoms with Crippen LogP contribution in [0.5, 0.6) is 11.5 Å². The fraction of sp³-hybridized carbons (Fsp3) is 0.500. The Bertz CT molecular complexity index is 416. The zero-order valence-corrected chi connectivity index (χ0v) is 12.5. The molecule has 0 aliphatic carbocycles. The number of hydrogen-bond donors (Lipinski definition) is 0. The van der Waals surface area contributed by atoms with Crippen molar-refractivity contribution in [2.75, 3.05) is 26.6 Å². The van der Waals surface area contributed by atoms with Crippen molar-refractivity contribution in [2.24, 2.45) is 0 Å². The summed E-state index contributed by atoms with van der Waals surface area (Å²) in [5.41, 5.74) is 1.08. The third-order valence-corrected chi connectivity index (χ3v) is 4.72. The zero-order valence-electron chi connectivity index (χ0n) is 10.1. The Morgan fingerprint density at radius 2 is 1.94 bits per heavy atom. The van der Waals surface area contributed by atoms with Crippen molar-refractivity contribution >= 4 is 27.7 Å². The quantitative estimate of drug-likeness (QED) is 0.853. The first-order valence-electron chi connectivity index (χ1n) is 5.30. The molecule has 1 saturated heterocycles. The number of benzene rings is 1. The van der Waals surface area contributed by atoms with Crippen LogP contribution in [0.2, 0.25) is 0 Å². The largest absolute Gasteiger partial charge is 0.493 e. The van der Waals surface area contributed by atoms with Gasteiger partial charge in [-0.2, -0.15) is 0 Å². The summed E-state index contributed by atoms with van der Waals surface area (Å²) >= 11 is 5.36. The Morgan fingerprint density at radius 1 is 1.29 bits per heavy atom. The lowest BCUT2D eigenvalue weighted by atomic mass is 10.1. The van der Waals surface area contributed by atoms with Gasteiger partial charge in [0.25, 0.3) is 0 Å². The first-order valence-corrected chi connectivity index (χ1v) is 7.08. The fourth-order valence-corrected chi connectivity index (χ4v) is 3.75. The predicted molar refractivity (Wildman–Crippen MR) is 73.0 cm³/mol. The molecule has 5 heteroatoms. The van der Waals surface area contributed by atoms with Crippen LogP contribution in [0.15, 0.2) is 16.6 Å². The highest BCUT2D eigenvalue weighted by molar-refractivity contribution is 9.10. The first kappa shape index (κ1) is 13.1. The van der Waals surface area contributed by atoms with Crippen LogP contribution < -0.4 is 9.47 Å². The topological polar surface area (TPSA) is 27.7 Å². The normalized spacial score (nSPS) is 23.8.